The lowest BCUT2D eigenvalue weighted by atomic mass is 10.1. The highest BCUT2D eigenvalue weighted by molar-refractivity contribution is 6.92. The van der Waals surface area contributed by atoms with E-state index >= 15 is 0 Å². The number of ether oxygens (including phenoxy) is 1. The van der Waals surface area contributed by atoms with Crippen LogP contribution >= 0.6 is 0 Å². The Labute approximate surface area is 134 Å². The minimum Gasteiger partial charge on any atom is -0.497 e. The lowest BCUT2D eigenvalue weighted by Crippen LogP contribution is -2.48. The molecule has 0 spiro atoms. The van der Waals surface area contributed by atoms with Gasteiger partial charge < -0.3 is 4.74 Å². The first-order valence-corrected chi connectivity index (χ1v) is 11.0. The van der Waals surface area contributed by atoms with Crippen molar-refractivity contribution in [1.29, 1.82) is 0 Å². The minimum absolute atomic E-state index is 0.527. The summed E-state index contributed by atoms with van der Waals surface area (Å²) in [5, 5.41) is 1.42. The Kier molecular flexibility index (Phi) is 3.73. The number of rotatable bonds is 3. The fraction of sp³-hybridized carbons (Fsp3) is 0.300. The van der Waals surface area contributed by atoms with Gasteiger partial charge in [-0.1, -0.05) is 67.2 Å². The maximum absolute atomic E-state index is 5.76. The molecule has 0 N–H and O–H groups in total. The standard InChI is InChI=1S/C20H24OSi/c1-14-9-8-12-18(19(14)21-3)22(4,5)20-15(2)13-16-10-6-7-11-17(16)20/h6-13,20H,1-5H3. The number of para-hydroxylation sites is 1. The quantitative estimate of drug-likeness (QED) is 0.749. The maximum Gasteiger partial charge on any atom is 0.121 e. The molecule has 3 rings (SSSR count). The molecule has 2 aromatic rings. The van der Waals surface area contributed by atoms with Crippen molar-refractivity contribution in [3.05, 3.63) is 64.7 Å². The lowest BCUT2D eigenvalue weighted by molar-refractivity contribution is 0.414. The zero-order valence-electron chi connectivity index (χ0n) is 14.1. The van der Waals surface area contributed by atoms with Gasteiger partial charge in [0.15, 0.2) is 0 Å². The highest BCUT2D eigenvalue weighted by Gasteiger charge is 2.40. The molecule has 1 unspecified atom stereocenters. The van der Waals surface area contributed by atoms with Crippen LogP contribution in [0.25, 0.3) is 6.08 Å². The summed E-state index contributed by atoms with van der Waals surface area (Å²) in [6.07, 6.45) is 2.36. The smallest absolute Gasteiger partial charge is 0.121 e. The number of hydrogen-bond acceptors (Lipinski definition) is 1. The first-order valence-electron chi connectivity index (χ1n) is 7.88. The Morgan fingerprint density at radius 3 is 2.41 bits per heavy atom. The summed E-state index contributed by atoms with van der Waals surface area (Å²) in [7, 11) is 0.0424. The molecule has 2 heteroatoms. The summed E-state index contributed by atoms with van der Waals surface area (Å²) in [6.45, 7) is 9.35. The van der Waals surface area contributed by atoms with E-state index in [9.17, 15) is 0 Å². The van der Waals surface area contributed by atoms with Crippen molar-refractivity contribution < 1.29 is 4.74 Å². The second-order valence-corrected chi connectivity index (χ2v) is 11.4. The third kappa shape index (κ3) is 2.22. The summed E-state index contributed by atoms with van der Waals surface area (Å²) in [5.74, 6) is 1.08. The van der Waals surface area contributed by atoms with Gasteiger partial charge in [0.1, 0.15) is 5.75 Å². The second kappa shape index (κ2) is 5.44. The average Bonchev–Trinajstić information content (AvgIpc) is 2.83. The predicted molar refractivity (Wildman–Crippen MR) is 97.7 cm³/mol. The molecule has 114 valence electrons. The zero-order chi connectivity index (χ0) is 15.9. The maximum atomic E-state index is 5.76. The Balaban J connectivity index is 2.16. The molecule has 0 heterocycles. The van der Waals surface area contributed by atoms with Gasteiger partial charge in [-0.25, -0.2) is 0 Å². The molecule has 0 saturated heterocycles. The van der Waals surface area contributed by atoms with Crippen molar-refractivity contribution in [3.63, 3.8) is 0 Å². The summed E-state index contributed by atoms with van der Waals surface area (Å²) in [6, 6.07) is 15.4. The SMILES string of the molecule is COc1c(C)cccc1[Si](C)(C)C1C(C)=Cc2ccccc21. The van der Waals surface area contributed by atoms with Gasteiger partial charge in [-0.2, -0.15) is 0 Å². The van der Waals surface area contributed by atoms with Gasteiger partial charge in [-0.3, -0.25) is 0 Å². The number of fused-ring (bicyclic) bond motifs is 1. The van der Waals surface area contributed by atoms with E-state index in [2.05, 4.69) is 75.5 Å². The van der Waals surface area contributed by atoms with Crippen LogP contribution in [0.4, 0.5) is 0 Å². The largest absolute Gasteiger partial charge is 0.497 e. The van der Waals surface area contributed by atoms with Crippen LogP contribution in [0.5, 0.6) is 5.75 Å². The Hall–Kier alpha value is -1.80. The Morgan fingerprint density at radius 2 is 1.68 bits per heavy atom. The summed E-state index contributed by atoms with van der Waals surface area (Å²) in [5.41, 5.74) is 6.12. The highest BCUT2D eigenvalue weighted by atomic mass is 28.3. The fourth-order valence-corrected chi connectivity index (χ4v) is 8.01. The van der Waals surface area contributed by atoms with Crippen LogP contribution in [0, 0.1) is 6.92 Å². The first kappa shape index (κ1) is 15.1. The molecule has 22 heavy (non-hydrogen) atoms. The normalized spacial score (nSPS) is 17.1. The third-order valence-corrected chi connectivity index (χ3v) is 8.97. The van der Waals surface area contributed by atoms with Gasteiger partial charge in [0, 0.05) is 5.54 Å². The molecule has 0 aromatic heterocycles. The molecule has 1 aliphatic carbocycles. The molecule has 0 aliphatic heterocycles. The van der Waals surface area contributed by atoms with Crippen molar-refractivity contribution in [1.82, 2.24) is 0 Å². The van der Waals surface area contributed by atoms with Crippen LogP contribution in [0.3, 0.4) is 0 Å². The van der Waals surface area contributed by atoms with Crippen molar-refractivity contribution in [2.75, 3.05) is 7.11 Å². The van der Waals surface area contributed by atoms with Crippen LogP contribution in [0.2, 0.25) is 13.1 Å². The molecule has 1 atom stereocenters. The second-order valence-electron chi connectivity index (χ2n) is 6.83. The monoisotopic (exact) mass is 308 g/mol. The molecule has 0 saturated carbocycles. The molecule has 0 radical (unpaired) electrons. The van der Waals surface area contributed by atoms with Crippen molar-refractivity contribution >= 4 is 19.3 Å². The number of aryl methyl sites for hydroxylation is 1. The molecule has 0 fully saturated rings. The molecular weight excluding hydrogens is 284 g/mol. The van der Waals surface area contributed by atoms with Crippen LogP contribution in [-0.2, 0) is 0 Å². The van der Waals surface area contributed by atoms with E-state index in [1.165, 1.54) is 27.5 Å². The number of methoxy groups -OCH3 is 1. The molecule has 0 bridgehead atoms. The minimum atomic E-state index is -1.75. The van der Waals surface area contributed by atoms with Gasteiger partial charge >= 0.3 is 0 Å². The summed E-state index contributed by atoms with van der Waals surface area (Å²) < 4.78 is 5.76. The van der Waals surface area contributed by atoms with Crippen LogP contribution in [-0.4, -0.2) is 15.2 Å². The van der Waals surface area contributed by atoms with Gasteiger partial charge in [0.2, 0.25) is 0 Å². The van der Waals surface area contributed by atoms with Crippen LogP contribution < -0.4 is 9.92 Å². The average molecular weight is 308 g/mol. The van der Waals surface area contributed by atoms with E-state index in [0.717, 1.165) is 5.75 Å². The Morgan fingerprint density at radius 1 is 0.955 bits per heavy atom. The van der Waals surface area contributed by atoms with Gasteiger partial charge in [-0.05, 0) is 35.7 Å². The van der Waals surface area contributed by atoms with E-state index in [4.69, 9.17) is 4.74 Å². The van der Waals surface area contributed by atoms with E-state index < -0.39 is 8.07 Å². The molecule has 1 nitrogen and oxygen atoms in total. The molecule has 0 amide bonds. The Bertz CT molecular complexity index is 743. The van der Waals surface area contributed by atoms with E-state index in [1.807, 2.05) is 0 Å². The fourth-order valence-electron chi connectivity index (χ4n) is 4.02. The highest BCUT2D eigenvalue weighted by Crippen LogP contribution is 2.42. The molecule has 2 aromatic carbocycles. The first-order chi connectivity index (χ1) is 10.5. The third-order valence-electron chi connectivity index (χ3n) is 4.98. The zero-order valence-corrected chi connectivity index (χ0v) is 15.1. The van der Waals surface area contributed by atoms with Gasteiger partial charge in [-0.15, -0.1) is 0 Å². The van der Waals surface area contributed by atoms with Gasteiger partial charge in [0.25, 0.3) is 0 Å². The number of hydrogen-bond donors (Lipinski definition) is 0. The summed E-state index contributed by atoms with van der Waals surface area (Å²) in [4.78, 5) is 0. The topological polar surface area (TPSA) is 9.23 Å². The van der Waals surface area contributed by atoms with Crippen LogP contribution in [0.1, 0.15) is 29.2 Å². The number of benzene rings is 2. The van der Waals surface area contributed by atoms with Crippen molar-refractivity contribution in [2.45, 2.75) is 32.5 Å². The van der Waals surface area contributed by atoms with Crippen molar-refractivity contribution in [3.8, 4) is 5.75 Å². The van der Waals surface area contributed by atoms with Crippen LogP contribution in [0.15, 0.2) is 48.0 Å². The van der Waals surface area contributed by atoms with E-state index in [-0.39, 0.29) is 0 Å². The van der Waals surface area contributed by atoms with E-state index in [1.54, 1.807) is 7.11 Å². The van der Waals surface area contributed by atoms with E-state index in [0.29, 0.717) is 5.54 Å². The molecular formula is C20H24OSi. The predicted octanol–water partition coefficient (Wildman–Crippen LogP) is 4.66. The number of allylic oxidation sites excluding steroid dienone is 1. The van der Waals surface area contributed by atoms with Crippen molar-refractivity contribution in [2.24, 2.45) is 0 Å². The lowest BCUT2D eigenvalue weighted by Gasteiger charge is -2.34. The summed E-state index contributed by atoms with van der Waals surface area (Å²) >= 11 is 0. The molecule has 1 aliphatic rings. The van der Waals surface area contributed by atoms with Gasteiger partial charge in [0.05, 0.1) is 15.2 Å².